The molecule has 0 bridgehead atoms. The summed E-state index contributed by atoms with van der Waals surface area (Å²) in [5.74, 6) is 0.693. The summed E-state index contributed by atoms with van der Waals surface area (Å²) in [5, 5.41) is 9.59. The van der Waals surface area contributed by atoms with E-state index in [2.05, 4.69) is 33.8 Å². The van der Waals surface area contributed by atoms with Crippen LogP contribution in [0.2, 0.25) is 0 Å². The number of hydrogen-bond acceptors (Lipinski definition) is 2. The molecule has 0 amide bonds. The van der Waals surface area contributed by atoms with Gasteiger partial charge >= 0.3 is 5.97 Å². The fourth-order valence-electron chi connectivity index (χ4n) is 4.18. The van der Waals surface area contributed by atoms with Crippen LogP contribution in [-0.4, -0.2) is 16.7 Å². The lowest BCUT2D eigenvalue weighted by Crippen LogP contribution is -2.45. The molecule has 2 unspecified atom stereocenters. The van der Waals surface area contributed by atoms with E-state index in [0.29, 0.717) is 11.5 Å². The highest BCUT2D eigenvalue weighted by Crippen LogP contribution is 2.51. The molecule has 3 rings (SSSR count). The van der Waals surface area contributed by atoms with E-state index in [1.165, 1.54) is 5.57 Å². The third-order valence-corrected chi connectivity index (χ3v) is 5.36. The van der Waals surface area contributed by atoms with Gasteiger partial charge in [0.2, 0.25) is 0 Å². The molecule has 1 aliphatic heterocycles. The van der Waals surface area contributed by atoms with E-state index in [1.54, 1.807) is 0 Å². The molecule has 124 valence electrons. The van der Waals surface area contributed by atoms with E-state index in [9.17, 15) is 9.90 Å². The third-order valence-electron chi connectivity index (χ3n) is 5.36. The standard InChI is InChI=1S/C20H26O3/c1-5-6-13-10-18-16(11-14(13)19(21)22)15-9-12(2)7-8-17(15)20(3,4)23-18/h9-11,15,17H,5-8H2,1-4H3,(H,21,22). The summed E-state index contributed by atoms with van der Waals surface area (Å²) in [6, 6.07) is 3.84. The molecule has 1 aromatic rings. The monoisotopic (exact) mass is 314 g/mol. The summed E-state index contributed by atoms with van der Waals surface area (Å²) in [6.07, 6.45) is 6.21. The molecule has 3 nitrogen and oxygen atoms in total. The summed E-state index contributed by atoms with van der Waals surface area (Å²) < 4.78 is 6.32. The van der Waals surface area contributed by atoms with Gasteiger partial charge in [0.15, 0.2) is 0 Å². The van der Waals surface area contributed by atoms with Gasteiger partial charge in [-0.25, -0.2) is 4.79 Å². The van der Waals surface area contributed by atoms with Crippen LogP contribution in [0.4, 0.5) is 0 Å². The predicted molar refractivity (Wildman–Crippen MR) is 91.3 cm³/mol. The number of rotatable bonds is 3. The number of carbonyl (C=O) groups is 1. The fraction of sp³-hybridized carbons (Fsp3) is 0.550. The molecule has 2 atom stereocenters. The van der Waals surface area contributed by atoms with Crippen LogP contribution < -0.4 is 4.74 Å². The van der Waals surface area contributed by atoms with Crippen LogP contribution in [-0.2, 0) is 6.42 Å². The smallest absolute Gasteiger partial charge is 0.335 e. The van der Waals surface area contributed by atoms with Crippen LogP contribution in [0, 0.1) is 5.92 Å². The first-order chi connectivity index (χ1) is 10.8. The van der Waals surface area contributed by atoms with Crippen molar-refractivity contribution >= 4 is 5.97 Å². The number of benzene rings is 1. The lowest BCUT2D eigenvalue weighted by Gasteiger charge is -2.46. The van der Waals surface area contributed by atoms with E-state index in [1.807, 2.05) is 12.1 Å². The van der Waals surface area contributed by atoms with Crippen molar-refractivity contribution in [1.29, 1.82) is 0 Å². The van der Waals surface area contributed by atoms with Gasteiger partial charge in [0, 0.05) is 17.4 Å². The molecule has 3 heteroatoms. The number of allylic oxidation sites excluding steroid dienone is 2. The van der Waals surface area contributed by atoms with Crippen molar-refractivity contribution in [2.75, 3.05) is 0 Å². The molecule has 0 saturated heterocycles. The van der Waals surface area contributed by atoms with Gasteiger partial charge in [-0.3, -0.25) is 0 Å². The van der Waals surface area contributed by atoms with Gasteiger partial charge in [-0.2, -0.15) is 0 Å². The highest BCUT2D eigenvalue weighted by atomic mass is 16.5. The molecule has 1 aromatic carbocycles. The maximum absolute atomic E-state index is 11.7. The Morgan fingerprint density at radius 1 is 1.39 bits per heavy atom. The molecule has 0 spiro atoms. The Labute approximate surface area is 138 Å². The molecule has 0 saturated carbocycles. The number of fused-ring (bicyclic) bond motifs is 3. The normalized spacial score (nSPS) is 25.0. The highest BCUT2D eigenvalue weighted by Gasteiger charge is 2.44. The van der Waals surface area contributed by atoms with Gasteiger partial charge in [-0.05, 0) is 57.7 Å². The molecule has 2 aliphatic rings. The maximum Gasteiger partial charge on any atom is 0.335 e. The van der Waals surface area contributed by atoms with E-state index in [0.717, 1.165) is 42.6 Å². The second-order valence-electron chi connectivity index (χ2n) is 7.49. The van der Waals surface area contributed by atoms with Gasteiger partial charge in [0.1, 0.15) is 11.4 Å². The SMILES string of the molecule is CCCc1cc2c(cc1C(=O)O)C1C=C(C)CCC1C(C)(C)O2. The Morgan fingerprint density at radius 2 is 2.13 bits per heavy atom. The molecule has 1 N–H and O–H groups in total. The Bertz CT molecular complexity index is 670. The summed E-state index contributed by atoms with van der Waals surface area (Å²) in [7, 11) is 0. The minimum absolute atomic E-state index is 0.219. The highest BCUT2D eigenvalue weighted by molar-refractivity contribution is 5.90. The molecule has 1 aliphatic carbocycles. The number of carboxylic acid groups (broad SMARTS) is 1. The molecule has 0 radical (unpaired) electrons. The number of hydrogen-bond donors (Lipinski definition) is 1. The van der Waals surface area contributed by atoms with Gasteiger partial charge in [-0.15, -0.1) is 0 Å². The second-order valence-corrected chi connectivity index (χ2v) is 7.49. The molecular formula is C20H26O3. The average Bonchev–Trinajstić information content (AvgIpc) is 2.46. The molecule has 23 heavy (non-hydrogen) atoms. The Balaban J connectivity index is 2.17. The maximum atomic E-state index is 11.7. The zero-order valence-corrected chi connectivity index (χ0v) is 14.5. The minimum atomic E-state index is -0.839. The van der Waals surface area contributed by atoms with Crippen LogP contribution in [0.3, 0.4) is 0 Å². The first kappa shape index (κ1) is 16.1. The lowest BCUT2D eigenvalue weighted by atomic mass is 9.68. The Hall–Kier alpha value is -1.77. The first-order valence-corrected chi connectivity index (χ1v) is 8.60. The summed E-state index contributed by atoms with van der Waals surface area (Å²) >= 11 is 0. The molecule has 0 aromatic heterocycles. The van der Waals surface area contributed by atoms with Crippen LogP contribution in [0.1, 0.15) is 74.4 Å². The van der Waals surface area contributed by atoms with Gasteiger partial charge < -0.3 is 9.84 Å². The molecule has 0 fully saturated rings. The molecular weight excluding hydrogens is 288 g/mol. The van der Waals surface area contributed by atoms with Crippen LogP contribution in [0.5, 0.6) is 5.75 Å². The third kappa shape index (κ3) is 2.77. The zero-order valence-electron chi connectivity index (χ0n) is 14.5. The lowest BCUT2D eigenvalue weighted by molar-refractivity contribution is 0.0115. The van der Waals surface area contributed by atoms with Crippen molar-refractivity contribution in [1.82, 2.24) is 0 Å². The average molecular weight is 314 g/mol. The van der Waals surface area contributed by atoms with Crippen molar-refractivity contribution in [2.45, 2.75) is 64.9 Å². The van der Waals surface area contributed by atoms with Crippen LogP contribution in [0.15, 0.2) is 23.8 Å². The van der Waals surface area contributed by atoms with Crippen molar-refractivity contribution in [2.24, 2.45) is 5.92 Å². The number of aryl methyl sites for hydroxylation is 1. The van der Waals surface area contributed by atoms with E-state index in [-0.39, 0.29) is 11.5 Å². The van der Waals surface area contributed by atoms with Crippen LogP contribution >= 0.6 is 0 Å². The number of ether oxygens (including phenoxy) is 1. The van der Waals surface area contributed by atoms with Gasteiger partial charge in [-0.1, -0.05) is 25.0 Å². The molecule has 1 heterocycles. The number of aromatic carboxylic acids is 1. The Kier molecular flexibility index (Phi) is 3.99. The van der Waals surface area contributed by atoms with E-state index in [4.69, 9.17) is 4.74 Å². The number of carboxylic acids is 1. The zero-order chi connectivity index (χ0) is 16.8. The first-order valence-electron chi connectivity index (χ1n) is 8.60. The quantitative estimate of drug-likeness (QED) is 0.803. The second kappa shape index (κ2) is 5.70. The van der Waals surface area contributed by atoms with Crippen molar-refractivity contribution in [3.63, 3.8) is 0 Å². The van der Waals surface area contributed by atoms with Crippen LogP contribution in [0.25, 0.3) is 0 Å². The summed E-state index contributed by atoms with van der Waals surface area (Å²) in [5.41, 5.74) is 3.53. The minimum Gasteiger partial charge on any atom is -0.487 e. The van der Waals surface area contributed by atoms with Crippen molar-refractivity contribution < 1.29 is 14.6 Å². The summed E-state index contributed by atoms with van der Waals surface area (Å²) in [4.78, 5) is 11.7. The van der Waals surface area contributed by atoms with Crippen molar-refractivity contribution in [3.8, 4) is 5.75 Å². The largest absolute Gasteiger partial charge is 0.487 e. The van der Waals surface area contributed by atoms with Gasteiger partial charge in [0.25, 0.3) is 0 Å². The van der Waals surface area contributed by atoms with Gasteiger partial charge in [0.05, 0.1) is 5.56 Å². The topological polar surface area (TPSA) is 46.5 Å². The Morgan fingerprint density at radius 3 is 2.78 bits per heavy atom. The fourth-order valence-corrected chi connectivity index (χ4v) is 4.18. The predicted octanol–water partition coefficient (Wildman–Crippen LogP) is 4.95. The van der Waals surface area contributed by atoms with Crippen molar-refractivity contribution in [3.05, 3.63) is 40.5 Å². The van der Waals surface area contributed by atoms with E-state index >= 15 is 0 Å². The van der Waals surface area contributed by atoms with E-state index < -0.39 is 5.97 Å². The summed E-state index contributed by atoms with van der Waals surface area (Å²) in [6.45, 7) is 8.56.